The zero-order valence-corrected chi connectivity index (χ0v) is 12.7. The highest BCUT2D eigenvalue weighted by Crippen LogP contribution is 2.41. The molecule has 1 aliphatic rings. The predicted octanol–water partition coefficient (Wildman–Crippen LogP) is 3.96. The molecule has 1 unspecified atom stereocenters. The summed E-state index contributed by atoms with van der Waals surface area (Å²) in [7, 11) is 3.56. The van der Waals surface area contributed by atoms with Crippen LogP contribution in [-0.2, 0) is 11.2 Å². The summed E-state index contributed by atoms with van der Waals surface area (Å²) in [6.07, 6.45) is 5.73. The van der Waals surface area contributed by atoms with Crippen LogP contribution in [-0.4, -0.2) is 24.6 Å². The molecular formula is C15H21BrO2. The van der Waals surface area contributed by atoms with Crippen molar-refractivity contribution in [3.63, 3.8) is 0 Å². The van der Waals surface area contributed by atoms with Crippen LogP contribution in [0.4, 0.5) is 0 Å². The SMILES string of the molecule is COc1ccccc1CC(Br)CC1(OC)CCC1. The maximum Gasteiger partial charge on any atom is 0.122 e. The van der Waals surface area contributed by atoms with Crippen LogP contribution in [0.15, 0.2) is 24.3 Å². The summed E-state index contributed by atoms with van der Waals surface area (Å²) in [5.74, 6) is 0.974. The first-order valence-electron chi connectivity index (χ1n) is 6.50. The quantitative estimate of drug-likeness (QED) is 0.740. The number of rotatable bonds is 6. The maximum atomic E-state index is 5.68. The van der Waals surface area contributed by atoms with Crippen molar-refractivity contribution in [3.05, 3.63) is 29.8 Å². The number of hydrogen-bond acceptors (Lipinski definition) is 2. The van der Waals surface area contributed by atoms with Crippen LogP contribution in [0, 0.1) is 0 Å². The second-order valence-corrected chi connectivity index (χ2v) is 6.35. The van der Waals surface area contributed by atoms with Gasteiger partial charge in [0.2, 0.25) is 0 Å². The van der Waals surface area contributed by atoms with Crippen LogP contribution in [0.25, 0.3) is 0 Å². The van der Waals surface area contributed by atoms with Crippen molar-refractivity contribution < 1.29 is 9.47 Å². The van der Waals surface area contributed by atoms with E-state index in [2.05, 4.69) is 28.1 Å². The number of halogens is 1. The van der Waals surface area contributed by atoms with E-state index >= 15 is 0 Å². The second-order valence-electron chi connectivity index (χ2n) is 5.06. The average Bonchev–Trinajstić information content (AvgIpc) is 2.34. The molecular weight excluding hydrogens is 292 g/mol. The molecule has 0 N–H and O–H groups in total. The maximum absolute atomic E-state index is 5.68. The molecule has 0 aromatic heterocycles. The minimum absolute atomic E-state index is 0.121. The summed E-state index contributed by atoms with van der Waals surface area (Å²) in [5.41, 5.74) is 1.38. The van der Waals surface area contributed by atoms with Crippen LogP contribution in [0.1, 0.15) is 31.2 Å². The van der Waals surface area contributed by atoms with Gasteiger partial charge in [-0.1, -0.05) is 34.1 Å². The Kier molecular flexibility index (Phi) is 4.68. The Morgan fingerprint density at radius 3 is 2.56 bits per heavy atom. The molecule has 1 aromatic rings. The van der Waals surface area contributed by atoms with Gasteiger partial charge in [-0.05, 0) is 43.7 Å². The van der Waals surface area contributed by atoms with Crippen molar-refractivity contribution in [3.8, 4) is 5.75 Å². The lowest BCUT2D eigenvalue weighted by Crippen LogP contribution is -2.41. The molecule has 0 aliphatic heterocycles. The predicted molar refractivity (Wildman–Crippen MR) is 77.6 cm³/mol. The third-order valence-electron chi connectivity index (χ3n) is 3.93. The van der Waals surface area contributed by atoms with Crippen LogP contribution in [0.3, 0.4) is 0 Å². The van der Waals surface area contributed by atoms with Gasteiger partial charge >= 0.3 is 0 Å². The molecule has 1 aromatic carbocycles. The van der Waals surface area contributed by atoms with Gasteiger partial charge in [0, 0.05) is 11.9 Å². The molecule has 0 bridgehead atoms. The first-order chi connectivity index (χ1) is 8.69. The van der Waals surface area contributed by atoms with E-state index in [1.807, 2.05) is 19.2 Å². The van der Waals surface area contributed by atoms with Crippen molar-refractivity contribution >= 4 is 15.9 Å². The van der Waals surface area contributed by atoms with Gasteiger partial charge in [0.1, 0.15) is 5.75 Å². The Balaban J connectivity index is 1.96. The normalized spacial score (nSPS) is 19.1. The van der Waals surface area contributed by atoms with E-state index in [4.69, 9.17) is 9.47 Å². The van der Waals surface area contributed by atoms with Gasteiger partial charge < -0.3 is 9.47 Å². The van der Waals surface area contributed by atoms with E-state index in [-0.39, 0.29) is 5.60 Å². The Hall–Kier alpha value is -0.540. The highest BCUT2D eigenvalue weighted by Gasteiger charge is 2.38. The van der Waals surface area contributed by atoms with E-state index in [1.54, 1.807) is 7.11 Å². The third-order valence-corrected chi connectivity index (χ3v) is 4.57. The number of para-hydroxylation sites is 1. The second kappa shape index (κ2) is 6.07. The lowest BCUT2D eigenvalue weighted by Gasteiger charge is -2.42. The number of ether oxygens (including phenoxy) is 2. The van der Waals surface area contributed by atoms with Crippen molar-refractivity contribution in [2.75, 3.05) is 14.2 Å². The first-order valence-corrected chi connectivity index (χ1v) is 7.42. The number of alkyl halides is 1. The molecule has 1 saturated carbocycles. The molecule has 1 fully saturated rings. The Bertz CT molecular complexity index is 382. The van der Waals surface area contributed by atoms with Gasteiger partial charge in [-0.3, -0.25) is 0 Å². The topological polar surface area (TPSA) is 18.5 Å². The van der Waals surface area contributed by atoms with E-state index in [1.165, 1.54) is 24.8 Å². The fraction of sp³-hybridized carbons (Fsp3) is 0.600. The Morgan fingerprint density at radius 1 is 1.28 bits per heavy atom. The van der Waals surface area contributed by atoms with Gasteiger partial charge in [-0.25, -0.2) is 0 Å². The van der Waals surface area contributed by atoms with Crippen LogP contribution < -0.4 is 4.74 Å². The van der Waals surface area contributed by atoms with Gasteiger partial charge in [0.05, 0.1) is 12.7 Å². The van der Waals surface area contributed by atoms with Crippen LogP contribution >= 0.6 is 15.9 Å². The summed E-state index contributed by atoms with van der Waals surface area (Å²) in [4.78, 5) is 0.439. The molecule has 1 aliphatic carbocycles. The van der Waals surface area contributed by atoms with E-state index in [0.717, 1.165) is 18.6 Å². The van der Waals surface area contributed by atoms with Crippen molar-refractivity contribution in [2.45, 2.75) is 42.5 Å². The molecule has 0 radical (unpaired) electrons. The van der Waals surface area contributed by atoms with Gasteiger partial charge in [0.25, 0.3) is 0 Å². The lowest BCUT2D eigenvalue weighted by atomic mass is 9.76. The molecule has 0 heterocycles. The van der Waals surface area contributed by atoms with Gasteiger partial charge in [0.15, 0.2) is 0 Å². The molecule has 0 saturated heterocycles. The molecule has 100 valence electrons. The minimum Gasteiger partial charge on any atom is -0.496 e. The molecule has 3 heteroatoms. The number of benzene rings is 1. The zero-order valence-electron chi connectivity index (χ0n) is 11.1. The van der Waals surface area contributed by atoms with Gasteiger partial charge in [-0.15, -0.1) is 0 Å². The summed E-state index contributed by atoms with van der Waals surface area (Å²) < 4.78 is 11.1. The molecule has 18 heavy (non-hydrogen) atoms. The summed E-state index contributed by atoms with van der Waals surface area (Å²) in [6, 6.07) is 8.22. The van der Waals surface area contributed by atoms with Crippen molar-refractivity contribution in [1.29, 1.82) is 0 Å². The lowest BCUT2D eigenvalue weighted by molar-refractivity contribution is -0.0771. The summed E-state index contributed by atoms with van der Waals surface area (Å²) in [5, 5.41) is 0. The monoisotopic (exact) mass is 312 g/mol. The highest BCUT2D eigenvalue weighted by molar-refractivity contribution is 9.09. The zero-order chi connectivity index (χ0) is 13.0. The van der Waals surface area contributed by atoms with Crippen LogP contribution in [0.5, 0.6) is 5.75 Å². The molecule has 2 rings (SSSR count). The largest absolute Gasteiger partial charge is 0.496 e. The van der Waals surface area contributed by atoms with Gasteiger partial charge in [-0.2, -0.15) is 0 Å². The Labute approximate surface area is 118 Å². The third kappa shape index (κ3) is 3.07. The Morgan fingerprint density at radius 2 is 2.00 bits per heavy atom. The molecule has 2 nitrogen and oxygen atoms in total. The van der Waals surface area contributed by atoms with Crippen molar-refractivity contribution in [2.24, 2.45) is 0 Å². The fourth-order valence-electron chi connectivity index (χ4n) is 2.65. The molecule has 1 atom stereocenters. The molecule has 0 amide bonds. The highest BCUT2D eigenvalue weighted by atomic mass is 79.9. The van der Waals surface area contributed by atoms with Crippen LogP contribution in [0.2, 0.25) is 0 Å². The fourth-order valence-corrected chi connectivity index (χ4v) is 3.59. The number of methoxy groups -OCH3 is 2. The van der Waals surface area contributed by atoms with E-state index < -0.39 is 0 Å². The average molecular weight is 313 g/mol. The first kappa shape index (κ1) is 13.9. The standard InChI is InChI=1S/C15H21BrO2/c1-17-14-7-4-3-6-12(14)10-13(16)11-15(18-2)8-5-9-15/h3-4,6-7,13H,5,8-11H2,1-2H3. The summed E-state index contributed by atoms with van der Waals surface area (Å²) >= 11 is 3.79. The minimum atomic E-state index is 0.121. The van der Waals surface area contributed by atoms with E-state index in [9.17, 15) is 0 Å². The number of hydrogen-bond donors (Lipinski definition) is 0. The molecule has 0 spiro atoms. The van der Waals surface area contributed by atoms with E-state index in [0.29, 0.717) is 4.83 Å². The van der Waals surface area contributed by atoms with Crippen molar-refractivity contribution in [1.82, 2.24) is 0 Å². The smallest absolute Gasteiger partial charge is 0.122 e. The summed E-state index contributed by atoms with van der Waals surface area (Å²) in [6.45, 7) is 0.